The average molecular weight is 205 g/mol. The highest BCUT2D eigenvalue weighted by Gasteiger charge is 2.22. The highest BCUT2D eigenvalue weighted by Crippen LogP contribution is 2.34. The summed E-state index contributed by atoms with van der Waals surface area (Å²) in [6, 6.07) is 6.67. The maximum Gasteiger partial charge on any atom is 0.141 e. The van der Waals surface area contributed by atoms with Gasteiger partial charge in [0.1, 0.15) is 11.9 Å². The summed E-state index contributed by atoms with van der Waals surface area (Å²) in [5.74, 6) is -0.161. The van der Waals surface area contributed by atoms with E-state index in [0.717, 1.165) is 5.56 Å². The molecule has 0 heterocycles. The second-order valence-electron chi connectivity index (χ2n) is 4.94. The number of hydrogen-bond acceptors (Lipinski definition) is 1. The molecule has 0 aliphatic heterocycles. The predicted octanol–water partition coefficient (Wildman–Crippen LogP) is 3.85. The maximum absolute atomic E-state index is 13.4. The molecule has 0 fully saturated rings. The molecule has 1 rings (SSSR count). The first-order chi connectivity index (χ1) is 6.86. The fourth-order valence-electron chi connectivity index (χ4n) is 1.39. The molecule has 0 aliphatic rings. The maximum atomic E-state index is 13.4. The van der Waals surface area contributed by atoms with Crippen molar-refractivity contribution in [1.82, 2.24) is 0 Å². The van der Waals surface area contributed by atoms with Crippen LogP contribution in [0.1, 0.15) is 44.7 Å². The summed E-state index contributed by atoms with van der Waals surface area (Å²) >= 11 is 0. The third kappa shape index (κ3) is 2.56. The van der Waals surface area contributed by atoms with Crippen LogP contribution in [0.5, 0.6) is 0 Å². The standard InChI is InChI=1S/C13H16FN/c1-9(13(2,3)4)10-5-6-11(8-15)12(14)7-10/h5-7,9H,1-4H3/t9-/m0/s1. The van der Waals surface area contributed by atoms with E-state index in [2.05, 4.69) is 27.7 Å². The minimum atomic E-state index is -0.425. The van der Waals surface area contributed by atoms with E-state index < -0.39 is 5.82 Å². The van der Waals surface area contributed by atoms with Gasteiger partial charge in [0.2, 0.25) is 0 Å². The van der Waals surface area contributed by atoms with Crippen LogP contribution in [0.3, 0.4) is 0 Å². The van der Waals surface area contributed by atoms with Crippen molar-refractivity contribution < 1.29 is 4.39 Å². The molecule has 80 valence electrons. The molecule has 0 N–H and O–H groups in total. The van der Waals surface area contributed by atoms with Crippen molar-refractivity contribution in [2.45, 2.75) is 33.6 Å². The molecule has 0 unspecified atom stereocenters. The molecule has 1 nitrogen and oxygen atoms in total. The van der Waals surface area contributed by atoms with E-state index in [1.165, 1.54) is 6.07 Å². The number of nitriles is 1. The third-order valence-corrected chi connectivity index (χ3v) is 2.91. The summed E-state index contributed by atoms with van der Waals surface area (Å²) < 4.78 is 13.4. The van der Waals surface area contributed by atoms with Crippen molar-refractivity contribution in [2.75, 3.05) is 0 Å². The van der Waals surface area contributed by atoms with Crippen molar-refractivity contribution in [3.05, 3.63) is 35.1 Å². The van der Waals surface area contributed by atoms with Gasteiger partial charge < -0.3 is 0 Å². The lowest BCUT2D eigenvalue weighted by molar-refractivity contribution is 0.339. The lowest BCUT2D eigenvalue weighted by atomic mass is 9.78. The van der Waals surface area contributed by atoms with Crippen LogP contribution in [-0.4, -0.2) is 0 Å². The molecule has 0 saturated heterocycles. The molecule has 0 radical (unpaired) electrons. The Morgan fingerprint density at radius 2 is 1.93 bits per heavy atom. The van der Waals surface area contributed by atoms with Gasteiger partial charge in [-0.15, -0.1) is 0 Å². The lowest BCUT2D eigenvalue weighted by Gasteiger charge is -2.27. The minimum Gasteiger partial charge on any atom is -0.206 e. The van der Waals surface area contributed by atoms with Crippen molar-refractivity contribution in [3.63, 3.8) is 0 Å². The second-order valence-corrected chi connectivity index (χ2v) is 4.94. The van der Waals surface area contributed by atoms with Gasteiger partial charge in [-0.1, -0.05) is 33.8 Å². The summed E-state index contributed by atoms with van der Waals surface area (Å²) in [6.45, 7) is 8.43. The number of halogens is 1. The molecular weight excluding hydrogens is 189 g/mol. The summed E-state index contributed by atoms with van der Waals surface area (Å²) in [4.78, 5) is 0. The smallest absolute Gasteiger partial charge is 0.141 e. The first kappa shape index (κ1) is 11.7. The topological polar surface area (TPSA) is 23.8 Å². The Bertz CT molecular complexity index is 396. The van der Waals surface area contributed by atoms with E-state index >= 15 is 0 Å². The van der Waals surface area contributed by atoms with E-state index in [1.807, 2.05) is 12.1 Å². The van der Waals surface area contributed by atoms with Crippen LogP contribution in [0.2, 0.25) is 0 Å². The SMILES string of the molecule is C[C@@H](c1ccc(C#N)c(F)c1)C(C)(C)C. The van der Waals surface area contributed by atoms with E-state index in [0.29, 0.717) is 0 Å². The van der Waals surface area contributed by atoms with Crippen LogP contribution < -0.4 is 0 Å². The predicted molar refractivity (Wildman–Crippen MR) is 59.0 cm³/mol. The Labute approximate surface area is 90.5 Å². The third-order valence-electron chi connectivity index (χ3n) is 2.91. The minimum absolute atomic E-state index is 0.0978. The number of rotatable bonds is 1. The van der Waals surface area contributed by atoms with Crippen molar-refractivity contribution in [3.8, 4) is 6.07 Å². The second kappa shape index (κ2) is 4.02. The highest BCUT2D eigenvalue weighted by atomic mass is 19.1. The Morgan fingerprint density at radius 1 is 1.33 bits per heavy atom. The lowest BCUT2D eigenvalue weighted by Crippen LogP contribution is -2.15. The van der Waals surface area contributed by atoms with E-state index in [1.54, 1.807) is 6.07 Å². The van der Waals surface area contributed by atoms with Gasteiger partial charge in [-0.3, -0.25) is 0 Å². The quantitative estimate of drug-likeness (QED) is 0.683. The highest BCUT2D eigenvalue weighted by molar-refractivity contribution is 5.35. The summed E-state index contributed by atoms with van der Waals surface area (Å²) in [7, 11) is 0. The van der Waals surface area contributed by atoms with Gasteiger partial charge in [0.05, 0.1) is 5.56 Å². The molecule has 2 heteroatoms. The van der Waals surface area contributed by atoms with Crippen LogP contribution in [-0.2, 0) is 0 Å². The molecule has 15 heavy (non-hydrogen) atoms. The van der Waals surface area contributed by atoms with Gasteiger partial charge in [-0.25, -0.2) is 4.39 Å². The summed E-state index contributed by atoms with van der Waals surface area (Å²) in [5, 5.41) is 8.62. The van der Waals surface area contributed by atoms with Crippen molar-refractivity contribution >= 4 is 0 Å². The number of benzene rings is 1. The van der Waals surface area contributed by atoms with Crippen molar-refractivity contribution in [2.24, 2.45) is 5.41 Å². The average Bonchev–Trinajstić information content (AvgIpc) is 2.15. The zero-order valence-electron chi connectivity index (χ0n) is 9.63. The fourth-order valence-corrected chi connectivity index (χ4v) is 1.39. The Hall–Kier alpha value is -1.36. The Morgan fingerprint density at radius 3 is 2.33 bits per heavy atom. The Balaban J connectivity index is 3.09. The molecule has 1 aromatic rings. The summed E-state index contributed by atoms with van der Waals surface area (Å²) in [6.07, 6.45) is 0. The molecule has 0 aromatic heterocycles. The molecular formula is C13H16FN. The van der Waals surface area contributed by atoms with Gasteiger partial charge in [-0.05, 0) is 29.0 Å². The molecule has 0 bridgehead atoms. The van der Waals surface area contributed by atoms with E-state index in [-0.39, 0.29) is 16.9 Å². The van der Waals surface area contributed by atoms with Gasteiger partial charge in [0.15, 0.2) is 0 Å². The van der Waals surface area contributed by atoms with Crippen LogP contribution in [0.15, 0.2) is 18.2 Å². The van der Waals surface area contributed by atoms with Crippen molar-refractivity contribution in [1.29, 1.82) is 5.26 Å². The molecule has 0 spiro atoms. The normalized spacial score (nSPS) is 13.3. The number of nitrogens with zero attached hydrogens (tertiary/aromatic N) is 1. The number of hydrogen-bond donors (Lipinski definition) is 0. The van der Waals surface area contributed by atoms with Crippen LogP contribution in [0.4, 0.5) is 4.39 Å². The monoisotopic (exact) mass is 205 g/mol. The zero-order chi connectivity index (χ0) is 11.6. The van der Waals surface area contributed by atoms with Gasteiger partial charge in [0, 0.05) is 0 Å². The molecule has 1 atom stereocenters. The van der Waals surface area contributed by atoms with Gasteiger partial charge >= 0.3 is 0 Å². The fraction of sp³-hybridized carbons (Fsp3) is 0.462. The Kier molecular flexibility index (Phi) is 3.14. The first-order valence-electron chi connectivity index (χ1n) is 5.06. The van der Waals surface area contributed by atoms with Gasteiger partial charge in [0.25, 0.3) is 0 Å². The van der Waals surface area contributed by atoms with E-state index in [4.69, 9.17) is 5.26 Å². The van der Waals surface area contributed by atoms with E-state index in [9.17, 15) is 4.39 Å². The molecule has 0 saturated carbocycles. The molecule has 1 aromatic carbocycles. The van der Waals surface area contributed by atoms with Gasteiger partial charge in [-0.2, -0.15) is 5.26 Å². The zero-order valence-corrected chi connectivity index (χ0v) is 9.63. The van der Waals surface area contributed by atoms with Crippen LogP contribution in [0.25, 0.3) is 0 Å². The molecule has 0 aliphatic carbocycles. The van der Waals surface area contributed by atoms with Crippen LogP contribution >= 0.6 is 0 Å². The van der Waals surface area contributed by atoms with Crippen LogP contribution in [0, 0.1) is 22.6 Å². The molecule has 0 amide bonds. The largest absolute Gasteiger partial charge is 0.206 e. The first-order valence-corrected chi connectivity index (χ1v) is 5.06. The summed E-state index contributed by atoms with van der Waals surface area (Å²) in [5.41, 5.74) is 1.15.